The van der Waals surface area contributed by atoms with Crippen LogP contribution in [-0.4, -0.2) is 32.1 Å². The number of hydrogen-bond acceptors (Lipinski definition) is 4. The van der Waals surface area contributed by atoms with Crippen molar-refractivity contribution < 1.29 is 19.8 Å². The summed E-state index contributed by atoms with van der Waals surface area (Å²) in [4.78, 5) is 35.1. The second kappa shape index (κ2) is 10.4. The number of aliphatic carboxylic acids is 2. The Kier molecular flexibility index (Phi) is 6.38. The van der Waals surface area contributed by atoms with Crippen LogP contribution in [0, 0.1) is 0 Å². The van der Waals surface area contributed by atoms with Crippen LogP contribution in [-0.2, 0) is 20.4 Å². The topological polar surface area (TPSA) is 100 Å². The number of allylic oxidation sites excluding steroid dienone is 8. The number of carbonyl (C=O) groups is 2. The molecule has 4 aliphatic carbocycles. The van der Waals surface area contributed by atoms with Gasteiger partial charge >= 0.3 is 11.9 Å². The number of aromatic nitrogens is 2. The fourth-order valence-corrected chi connectivity index (χ4v) is 8.62. The van der Waals surface area contributed by atoms with E-state index in [9.17, 15) is 19.8 Å². The maximum Gasteiger partial charge on any atom is 0.303 e. The number of pyridine rings is 2. The summed E-state index contributed by atoms with van der Waals surface area (Å²) in [5, 5.41) is 22.3. The molecule has 224 valence electrons. The molecule has 6 heteroatoms. The number of rotatable bonds is 8. The monoisotopic (exact) mass is 594 g/mol. The van der Waals surface area contributed by atoms with E-state index in [-0.39, 0.29) is 12.8 Å². The van der Waals surface area contributed by atoms with E-state index in [1.165, 1.54) is 0 Å². The number of carboxylic acid groups (broad SMARTS) is 2. The highest BCUT2D eigenvalue weighted by Crippen LogP contribution is 2.64. The number of carboxylic acids is 2. The second-order valence-electron chi connectivity index (χ2n) is 12.9. The molecular formula is C39H34N2O4. The average molecular weight is 595 g/mol. The van der Waals surface area contributed by atoms with E-state index in [1.54, 1.807) is 0 Å². The Labute approximate surface area is 261 Å². The molecule has 0 saturated carbocycles. The van der Waals surface area contributed by atoms with E-state index in [4.69, 9.17) is 9.97 Å². The van der Waals surface area contributed by atoms with Crippen LogP contribution in [0.15, 0.2) is 96.1 Å². The number of fused-ring (bicyclic) bond motifs is 8. The van der Waals surface area contributed by atoms with Crippen LogP contribution in [0.25, 0.3) is 33.0 Å². The molecule has 0 fully saturated rings. The Morgan fingerprint density at radius 2 is 1.04 bits per heavy atom. The molecule has 0 amide bonds. The van der Waals surface area contributed by atoms with Crippen molar-refractivity contribution in [3.05, 3.63) is 119 Å². The van der Waals surface area contributed by atoms with Crippen molar-refractivity contribution in [3.63, 3.8) is 0 Å². The van der Waals surface area contributed by atoms with Crippen LogP contribution in [0.2, 0.25) is 0 Å². The Morgan fingerprint density at radius 1 is 0.622 bits per heavy atom. The second-order valence-corrected chi connectivity index (χ2v) is 12.9. The van der Waals surface area contributed by atoms with Crippen LogP contribution in [0.5, 0.6) is 0 Å². The molecule has 0 aliphatic heterocycles. The van der Waals surface area contributed by atoms with E-state index < -0.39 is 22.8 Å². The zero-order valence-electron chi connectivity index (χ0n) is 25.1. The first kappa shape index (κ1) is 27.7. The summed E-state index contributed by atoms with van der Waals surface area (Å²) in [6.07, 6.45) is 14.0. The summed E-state index contributed by atoms with van der Waals surface area (Å²) in [6.45, 7) is 0. The van der Waals surface area contributed by atoms with Crippen LogP contribution in [0.1, 0.15) is 80.3 Å². The van der Waals surface area contributed by atoms with Gasteiger partial charge in [0.15, 0.2) is 0 Å². The standard InChI is InChI=1S/C39H34N2O4/c42-34(43)17-19-38(28-13-5-3-11-26(28)36-30(38)21-24-9-1-7-15-32(24)40-36)23-39(20-18-35(44)45)29-14-6-4-12-27(29)37-31(39)22-25-10-2-8-16-33(25)41-37/h1-2,7-16,21-22H,3-6,17-20,23H2,(H,42,43)(H,44,45). The summed E-state index contributed by atoms with van der Waals surface area (Å²) in [5.41, 5.74) is 8.95. The summed E-state index contributed by atoms with van der Waals surface area (Å²) in [7, 11) is 0. The lowest BCUT2D eigenvalue weighted by Crippen LogP contribution is -2.39. The zero-order chi connectivity index (χ0) is 30.8. The molecular weight excluding hydrogens is 560 g/mol. The molecule has 2 aromatic carbocycles. The smallest absolute Gasteiger partial charge is 0.303 e. The highest BCUT2D eigenvalue weighted by molar-refractivity contribution is 5.96. The van der Waals surface area contributed by atoms with E-state index in [0.717, 1.165) is 92.3 Å². The summed E-state index contributed by atoms with van der Waals surface area (Å²) in [5.74, 6) is -1.68. The summed E-state index contributed by atoms with van der Waals surface area (Å²) >= 11 is 0. The van der Waals surface area contributed by atoms with Crippen molar-refractivity contribution in [3.8, 4) is 0 Å². The third kappa shape index (κ3) is 4.22. The van der Waals surface area contributed by atoms with Gasteiger partial charge in [-0.2, -0.15) is 0 Å². The molecule has 45 heavy (non-hydrogen) atoms. The van der Waals surface area contributed by atoms with Gasteiger partial charge in [-0.1, -0.05) is 60.7 Å². The van der Waals surface area contributed by atoms with Crippen molar-refractivity contribution >= 4 is 44.9 Å². The Hall–Kier alpha value is -4.84. The lowest BCUT2D eigenvalue weighted by atomic mass is 9.59. The fraction of sp³-hybridized carbons (Fsp3) is 0.282. The van der Waals surface area contributed by atoms with Crippen molar-refractivity contribution in [1.29, 1.82) is 0 Å². The number of nitrogens with zero attached hydrogens (tertiary/aromatic N) is 2. The summed E-state index contributed by atoms with van der Waals surface area (Å²) in [6, 6.07) is 20.7. The van der Waals surface area contributed by atoms with Gasteiger partial charge in [-0.3, -0.25) is 9.59 Å². The molecule has 6 nitrogen and oxygen atoms in total. The van der Waals surface area contributed by atoms with Gasteiger partial charge in [-0.25, -0.2) is 9.97 Å². The minimum absolute atomic E-state index is 0.00350. The first-order valence-electron chi connectivity index (χ1n) is 16.0. The first-order chi connectivity index (χ1) is 21.9. The maximum atomic E-state index is 12.3. The van der Waals surface area contributed by atoms with Gasteiger partial charge in [-0.15, -0.1) is 0 Å². The summed E-state index contributed by atoms with van der Waals surface area (Å²) < 4.78 is 0. The average Bonchev–Trinajstić information content (AvgIpc) is 3.47. The van der Waals surface area contributed by atoms with E-state index in [1.807, 2.05) is 36.4 Å². The van der Waals surface area contributed by atoms with Crippen molar-refractivity contribution in [2.24, 2.45) is 0 Å². The third-order valence-electron chi connectivity index (χ3n) is 10.5. The highest BCUT2D eigenvalue weighted by atomic mass is 16.4. The van der Waals surface area contributed by atoms with E-state index in [0.29, 0.717) is 19.3 Å². The van der Waals surface area contributed by atoms with Gasteiger partial charge in [0.25, 0.3) is 0 Å². The molecule has 4 aromatic rings. The predicted molar refractivity (Wildman–Crippen MR) is 176 cm³/mol. The number of hydrogen-bond donors (Lipinski definition) is 2. The molecule has 0 bridgehead atoms. The Morgan fingerprint density at radius 3 is 1.49 bits per heavy atom. The molecule has 2 aromatic heterocycles. The van der Waals surface area contributed by atoms with E-state index >= 15 is 0 Å². The van der Waals surface area contributed by atoms with Crippen LogP contribution >= 0.6 is 0 Å². The molecule has 0 spiro atoms. The molecule has 4 aliphatic rings. The third-order valence-corrected chi connectivity index (χ3v) is 10.5. The SMILES string of the molecule is O=C(O)CCC1(CC2(CCC(=O)O)C3=CCCC=C3c3nc4ccccc4cc32)C2=CCCC=C2c2nc3ccccc3cc21. The molecule has 2 atom stereocenters. The quantitative estimate of drug-likeness (QED) is 0.213. The van der Waals surface area contributed by atoms with Gasteiger partial charge in [0, 0.05) is 45.6 Å². The number of para-hydroxylation sites is 2. The Balaban J connectivity index is 1.43. The molecule has 0 saturated heterocycles. The van der Waals surface area contributed by atoms with Gasteiger partial charge < -0.3 is 10.2 Å². The normalized spacial score (nSPS) is 22.9. The van der Waals surface area contributed by atoms with Gasteiger partial charge in [0.2, 0.25) is 0 Å². The van der Waals surface area contributed by atoms with Crippen LogP contribution in [0.4, 0.5) is 0 Å². The number of benzene rings is 2. The first-order valence-corrected chi connectivity index (χ1v) is 16.0. The fourth-order valence-electron chi connectivity index (χ4n) is 8.62. The highest BCUT2D eigenvalue weighted by Gasteiger charge is 2.56. The molecule has 8 rings (SSSR count). The van der Waals surface area contributed by atoms with Gasteiger partial charge in [0.05, 0.1) is 22.4 Å². The predicted octanol–water partition coefficient (Wildman–Crippen LogP) is 8.31. The molecule has 2 heterocycles. The molecule has 2 unspecified atom stereocenters. The largest absolute Gasteiger partial charge is 0.481 e. The molecule has 2 N–H and O–H groups in total. The zero-order valence-corrected chi connectivity index (χ0v) is 25.1. The minimum atomic E-state index is -0.838. The van der Waals surface area contributed by atoms with Gasteiger partial charge in [-0.05, 0) is 91.5 Å². The lowest BCUT2D eigenvalue weighted by molar-refractivity contribution is -0.138. The Bertz CT molecular complexity index is 1920. The van der Waals surface area contributed by atoms with Crippen molar-refractivity contribution in [2.75, 3.05) is 0 Å². The van der Waals surface area contributed by atoms with Crippen molar-refractivity contribution in [1.82, 2.24) is 9.97 Å². The van der Waals surface area contributed by atoms with Gasteiger partial charge in [0.1, 0.15) is 0 Å². The van der Waals surface area contributed by atoms with Crippen LogP contribution in [0.3, 0.4) is 0 Å². The minimum Gasteiger partial charge on any atom is -0.481 e. The van der Waals surface area contributed by atoms with Crippen molar-refractivity contribution in [2.45, 2.75) is 68.6 Å². The van der Waals surface area contributed by atoms with Crippen LogP contribution < -0.4 is 0 Å². The maximum absolute atomic E-state index is 12.3. The molecule has 0 radical (unpaired) electrons. The lowest BCUT2D eigenvalue weighted by Gasteiger charge is -2.43. The van der Waals surface area contributed by atoms with E-state index in [2.05, 4.69) is 48.6 Å².